The van der Waals surface area contributed by atoms with Crippen LogP contribution in [0.15, 0.2) is 0 Å². The minimum Gasteiger partial charge on any atom is -0.120 e. The molecule has 0 bridgehead atoms. The van der Waals surface area contributed by atoms with E-state index in [1.807, 2.05) is 0 Å². The molecule has 1 unspecified atom stereocenters. The lowest BCUT2D eigenvalue weighted by molar-refractivity contribution is 0.647. The minimum atomic E-state index is -1.12. The summed E-state index contributed by atoms with van der Waals surface area (Å²) in [7, 11) is -1.12. The van der Waals surface area contributed by atoms with Crippen LogP contribution in [0.3, 0.4) is 0 Å². The molecule has 0 amide bonds. The van der Waals surface area contributed by atoms with Crippen LogP contribution < -0.4 is 0 Å². The lowest BCUT2D eigenvalue weighted by Gasteiger charge is -2.21. The molecule has 1 aliphatic heterocycles. The SMILES string of the molecule is C#CC1CCCS(=S)(=S)C1. The second-order valence-corrected chi connectivity index (χ2v) is 9.31. The van der Waals surface area contributed by atoms with Gasteiger partial charge in [-0.3, -0.25) is 0 Å². The standard InChI is InChI=1S/C7H10S3/c1-2-7-4-3-5-10(8,9)6-7/h1,7H,3-6H2. The van der Waals surface area contributed by atoms with Crippen LogP contribution >= 0.6 is 0 Å². The van der Waals surface area contributed by atoms with Crippen molar-refractivity contribution >= 4 is 29.5 Å². The van der Waals surface area contributed by atoms with Crippen molar-refractivity contribution in [1.29, 1.82) is 0 Å². The Morgan fingerprint density at radius 2 is 2.20 bits per heavy atom. The molecular weight excluding hydrogens is 180 g/mol. The van der Waals surface area contributed by atoms with E-state index in [0.29, 0.717) is 5.92 Å². The molecule has 0 saturated carbocycles. The van der Waals surface area contributed by atoms with Gasteiger partial charge in [-0.05, 0) is 35.2 Å². The van der Waals surface area contributed by atoms with Gasteiger partial charge in [0.15, 0.2) is 0 Å². The Balaban J connectivity index is 2.67. The van der Waals surface area contributed by atoms with Crippen molar-refractivity contribution in [3.05, 3.63) is 0 Å². The summed E-state index contributed by atoms with van der Waals surface area (Å²) in [4.78, 5) is 0. The molecule has 0 spiro atoms. The Labute approximate surface area is 72.2 Å². The fraction of sp³-hybridized carbons (Fsp3) is 0.714. The van der Waals surface area contributed by atoms with E-state index in [2.05, 4.69) is 5.92 Å². The first-order chi connectivity index (χ1) is 4.64. The molecule has 1 heterocycles. The van der Waals surface area contributed by atoms with E-state index in [1.165, 1.54) is 0 Å². The van der Waals surface area contributed by atoms with Gasteiger partial charge in [0.05, 0.1) is 0 Å². The molecule has 3 heteroatoms. The van der Waals surface area contributed by atoms with Gasteiger partial charge in [-0.25, -0.2) is 0 Å². The molecule has 0 aromatic carbocycles. The van der Waals surface area contributed by atoms with Crippen LogP contribution in [-0.4, -0.2) is 11.5 Å². The predicted octanol–water partition coefficient (Wildman–Crippen LogP) is 1.11. The average Bonchev–Trinajstić information content (AvgIpc) is 1.86. The molecule has 0 N–H and O–H groups in total. The van der Waals surface area contributed by atoms with E-state index in [1.54, 1.807) is 0 Å². The maximum Gasteiger partial charge on any atom is 0.0297 e. The maximum absolute atomic E-state index is 5.30. The van der Waals surface area contributed by atoms with Crippen LogP contribution in [0.4, 0.5) is 0 Å². The van der Waals surface area contributed by atoms with Crippen LogP contribution in [0.25, 0.3) is 0 Å². The zero-order chi connectivity index (χ0) is 7.61. The third kappa shape index (κ3) is 2.19. The van der Waals surface area contributed by atoms with Gasteiger partial charge in [-0.2, -0.15) is 0 Å². The normalized spacial score (nSPS) is 30.9. The van der Waals surface area contributed by atoms with Crippen LogP contribution in [0.1, 0.15) is 12.8 Å². The van der Waals surface area contributed by atoms with Gasteiger partial charge >= 0.3 is 0 Å². The maximum atomic E-state index is 5.30. The summed E-state index contributed by atoms with van der Waals surface area (Å²) in [6.45, 7) is 0. The first-order valence-electron chi connectivity index (χ1n) is 3.30. The second-order valence-electron chi connectivity index (χ2n) is 2.62. The highest BCUT2D eigenvalue weighted by Gasteiger charge is 2.16. The molecule has 10 heavy (non-hydrogen) atoms. The fourth-order valence-corrected chi connectivity index (χ4v) is 4.50. The molecule has 0 aromatic heterocycles. The summed E-state index contributed by atoms with van der Waals surface area (Å²) >= 11 is 10.5. The zero-order valence-electron chi connectivity index (χ0n) is 5.71. The van der Waals surface area contributed by atoms with E-state index >= 15 is 0 Å². The Kier molecular flexibility index (Phi) is 2.67. The lowest BCUT2D eigenvalue weighted by atomic mass is 10.1. The molecular formula is C7H10S3. The number of hydrogen-bond acceptors (Lipinski definition) is 2. The summed E-state index contributed by atoms with van der Waals surface area (Å²) in [6.07, 6.45) is 7.58. The van der Waals surface area contributed by atoms with Crippen LogP contribution in [0.2, 0.25) is 0 Å². The predicted molar refractivity (Wildman–Crippen MR) is 53.4 cm³/mol. The minimum absolute atomic E-state index is 0.388. The molecule has 56 valence electrons. The Bertz CT molecular complexity index is 243. The first-order valence-corrected chi connectivity index (χ1v) is 7.13. The second kappa shape index (κ2) is 3.17. The number of rotatable bonds is 0. The quantitative estimate of drug-likeness (QED) is 0.525. The van der Waals surface area contributed by atoms with Crippen molar-refractivity contribution in [1.82, 2.24) is 0 Å². The summed E-state index contributed by atoms with van der Waals surface area (Å²) in [6, 6.07) is 0. The van der Waals surface area contributed by atoms with E-state index in [-0.39, 0.29) is 0 Å². The van der Waals surface area contributed by atoms with Gasteiger partial charge in [-0.1, -0.05) is 7.15 Å². The Morgan fingerprint density at radius 3 is 2.60 bits per heavy atom. The molecule has 0 aromatic rings. The third-order valence-electron chi connectivity index (χ3n) is 1.70. The monoisotopic (exact) mass is 190 g/mol. The van der Waals surface area contributed by atoms with Crippen molar-refractivity contribution in [2.75, 3.05) is 11.5 Å². The molecule has 0 nitrogen and oxygen atoms in total. The van der Waals surface area contributed by atoms with Gasteiger partial charge in [0.2, 0.25) is 0 Å². The summed E-state index contributed by atoms with van der Waals surface area (Å²) in [5.74, 6) is 5.14. The first kappa shape index (κ1) is 8.45. The topological polar surface area (TPSA) is 0 Å². The molecule has 1 saturated heterocycles. The van der Waals surface area contributed by atoms with Crippen LogP contribution in [0, 0.1) is 18.3 Å². The van der Waals surface area contributed by atoms with E-state index in [4.69, 9.17) is 28.8 Å². The molecule has 1 aliphatic rings. The van der Waals surface area contributed by atoms with E-state index in [0.717, 1.165) is 24.3 Å². The van der Waals surface area contributed by atoms with Gasteiger partial charge in [-0.15, -0.1) is 12.3 Å². The van der Waals surface area contributed by atoms with Gasteiger partial charge in [0, 0.05) is 17.4 Å². The highest BCUT2D eigenvalue weighted by Crippen LogP contribution is 2.17. The Hall–Kier alpha value is 0.350. The smallest absolute Gasteiger partial charge is 0.0297 e. The van der Waals surface area contributed by atoms with Crippen molar-refractivity contribution in [2.24, 2.45) is 5.92 Å². The molecule has 0 radical (unpaired) electrons. The van der Waals surface area contributed by atoms with Crippen molar-refractivity contribution in [3.63, 3.8) is 0 Å². The van der Waals surface area contributed by atoms with Gasteiger partial charge in [0.1, 0.15) is 0 Å². The van der Waals surface area contributed by atoms with Crippen molar-refractivity contribution in [3.8, 4) is 12.3 Å². The highest BCUT2D eigenvalue weighted by atomic mass is 33.1. The summed E-state index contributed by atoms with van der Waals surface area (Å²) < 4.78 is 0. The molecule has 1 fully saturated rings. The van der Waals surface area contributed by atoms with Gasteiger partial charge in [0.25, 0.3) is 0 Å². The van der Waals surface area contributed by atoms with E-state index in [9.17, 15) is 0 Å². The average molecular weight is 190 g/mol. The Morgan fingerprint density at radius 1 is 1.50 bits per heavy atom. The lowest BCUT2D eigenvalue weighted by Crippen LogP contribution is -2.22. The summed E-state index contributed by atoms with van der Waals surface area (Å²) in [5.41, 5.74) is 0. The number of hydrogen-bond donors (Lipinski definition) is 0. The summed E-state index contributed by atoms with van der Waals surface area (Å²) in [5, 5.41) is 0. The van der Waals surface area contributed by atoms with Crippen LogP contribution in [0.5, 0.6) is 0 Å². The highest BCUT2D eigenvalue weighted by molar-refractivity contribution is 8.56. The third-order valence-corrected chi connectivity index (χ3v) is 5.34. The van der Waals surface area contributed by atoms with Crippen LogP contribution in [-0.2, 0) is 29.5 Å². The molecule has 1 atom stereocenters. The zero-order valence-corrected chi connectivity index (χ0v) is 8.16. The largest absolute Gasteiger partial charge is 0.120 e. The fourth-order valence-electron chi connectivity index (χ4n) is 1.15. The molecule has 0 aliphatic carbocycles. The number of terminal acetylenes is 1. The van der Waals surface area contributed by atoms with Crippen molar-refractivity contribution < 1.29 is 0 Å². The van der Waals surface area contributed by atoms with Gasteiger partial charge < -0.3 is 0 Å². The van der Waals surface area contributed by atoms with E-state index < -0.39 is 7.15 Å². The molecule has 1 rings (SSSR count). The van der Waals surface area contributed by atoms with Crippen molar-refractivity contribution in [2.45, 2.75) is 12.8 Å².